The van der Waals surface area contributed by atoms with Gasteiger partial charge in [0.2, 0.25) is 5.91 Å². The molecule has 1 aromatic rings. The summed E-state index contributed by atoms with van der Waals surface area (Å²) in [6.45, 7) is -0.172. The van der Waals surface area contributed by atoms with Gasteiger partial charge in [-0.15, -0.1) is 0 Å². The van der Waals surface area contributed by atoms with Crippen LogP contribution in [0.2, 0.25) is 0 Å². The number of para-hydroxylation sites is 1. The number of nitrogens with one attached hydrogen (secondary N) is 1. The summed E-state index contributed by atoms with van der Waals surface area (Å²) in [7, 11) is 0. The maximum atomic E-state index is 12.4. The van der Waals surface area contributed by atoms with Crippen LogP contribution in [-0.4, -0.2) is 17.6 Å². The molecular weight excluding hydrogens is 250 g/mol. The van der Waals surface area contributed by atoms with Gasteiger partial charge in [-0.05, 0) is 36.8 Å². The fourth-order valence-corrected chi connectivity index (χ4v) is 3.43. The highest BCUT2D eigenvalue weighted by Crippen LogP contribution is 2.55. The molecule has 2 N–H and O–H groups in total. The normalized spacial score (nSPS) is 26.9. The zero-order valence-corrected chi connectivity index (χ0v) is 11.4. The number of benzene rings is 1. The van der Waals surface area contributed by atoms with Crippen molar-refractivity contribution in [3.63, 3.8) is 0 Å². The summed E-state index contributed by atoms with van der Waals surface area (Å²) in [6.07, 6.45) is 4.94. The van der Waals surface area contributed by atoms with Crippen LogP contribution in [-0.2, 0) is 4.79 Å². The van der Waals surface area contributed by atoms with Gasteiger partial charge in [0.1, 0.15) is 6.61 Å². The first-order chi connectivity index (χ1) is 9.81. The van der Waals surface area contributed by atoms with E-state index >= 15 is 0 Å². The van der Waals surface area contributed by atoms with E-state index in [1.54, 1.807) is 0 Å². The number of carbonyl (C=O) groups is 1. The maximum absolute atomic E-state index is 12.4. The smallest absolute Gasteiger partial charge is 0.228 e. The minimum absolute atomic E-state index is 0.139. The molecule has 20 heavy (non-hydrogen) atoms. The van der Waals surface area contributed by atoms with Crippen molar-refractivity contribution in [1.82, 2.24) is 0 Å². The largest absolute Gasteiger partial charge is 0.384 e. The summed E-state index contributed by atoms with van der Waals surface area (Å²) in [5.74, 6) is 7.07. The van der Waals surface area contributed by atoms with E-state index in [0.717, 1.165) is 11.3 Å². The molecule has 0 heterocycles. The highest BCUT2D eigenvalue weighted by molar-refractivity contribution is 5.96. The molecule has 2 fully saturated rings. The van der Waals surface area contributed by atoms with E-state index in [-0.39, 0.29) is 18.4 Å². The number of aliphatic hydroxyl groups is 1. The van der Waals surface area contributed by atoms with Crippen LogP contribution in [0.5, 0.6) is 0 Å². The highest BCUT2D eigenvalue weighted by Gasteiger charge is 2.54. The van der Waals surface area contributed by atoms with Crippen molar-refractivity contribution in [3.05, 3.63) is 29.8 Å². The number of carbonyl (C=O) groups excluding carboxylic acids is 1. The van der Waals surface area contributed by atoms with Crippen molar-refractivity contribution in [2.75, 3.05) is 11.9 Å². The monoisotopic (exact) mass is 269 g/mol. The molecule has 3 nitrogen and oxygen atoms in total. The molecule has 2 aliphatic rings. The minimum atomic E-state index is -0.172. The number of hydrogen-bond donors (Lipinski definition) is 2. The lowest BCUT2D eigenvalue weighted by Gasteiger charge is -2.07. The lowest BCUT2D eigenvalue weighted by Crippen LogP contribution is -2.16. The Morgan fingerprint density at radius 3 is 2.65 bits per heavy atom. The summed E-state index contributed by atoms with van der Waals surface area (Å²) in [6, 6.07) is 7.50. The van der Waals surface area contributed by atoms with Gasteiger partial charge in [0.25, 0.3) is 0 Å². The average molecular weight is 269 g/mol. The quantitative estimate of drug-likeness (QED) is 0.810. The molecule has 0 saturated heterocycles. The third-order valence-corrected chi connectivity index (χ3v) is 4.45. The Labute approximate surface area is 119 Å². The number of rotatable bonds is 2. The van der Waals surface area contributed by atoms with E-state index in [1.807, 2.05) is 24.3 Å². The fraction of sp³-hybridized carbons (Fsp3) is 0.471. The second-order valence-electron chi connectivity index (χ2n) is 5.63. The van der Waals surface area contributed by atoms with Crippen molar-refractivity contribution in [2.24, 2.45) is 17.8 Å². The molecule has 104 valence electrons. The van der Waals surface area contributed by atoms with Crippen LogP contribution in [0, 0.1) is 29.6 Å². The number of amides is 1. The van der Waals surface area contributed by atoms with Crippen molar-refractivity contribution in [1.29, 1.82) is 0 Å². The average Bonchev–Trinajstić information content (AvgIpc) is 3.21. The zero-order valence-electron chi connectivity index (χ0n) is 11.4. The molecule has 2 saturated carbocycles. The molecule has 3 rings (SSSR count). The van der Waals surface area contributed by atoms with E-state index in [4.69, 9.17) is 5.11 Å². The van der Waals surface area contributed by atoms with Gasteiger partial charge in [-0.1, -0.05) is 36.8 Å². The summed E-state index contributed by atoms with van der Waals surface area (Å²) in [4.78, 5) is 12.4. The van der Waals surface area contributed by atoms with Crippen LogP contribution >= 0.6 is 0 Å². The second kappa shape index (κ2) is 5.68. The number of hydrogen-bond acceptors (Lipinski definition) is 2. The van der Waals surface area contributed by atoms with Gasteiger partial charge < -0.3 is 10.4 Å². The molecule has 0 spiro atoms. The molecule has 2 aliphatic carbocycles. The molecule has 0 bridgehead atoms. The van der Waals surface area contributed by atoms with E-state index in [1.165, 1.54) is 25.7 Å². The number of fused-ring (bicyclic) bond motifs is 1. The van der Waals surface area contributed by atoms with E-state index in [0.29, 0.717) is 11.8 Å². The van der Waals surface area contributed by atoms with Crippen LogP contribution in [0.1, 0.15) is 31.2 Å². The molecule has 0 aliphatic heterocycles. The summed E-state index contributed by atoms with van der Waals surface area (Å²) >= 11 is 0. The maximum Gasteiger partial charge on any atom is 0.228 e. The summed E-state index contributed by atoms with van der Waals surface area (Å²) in [5, 5.41) is 11.8. The van der Waals surface area contributed by atoms with Crippen molar-refractivity contribution >= 4 is 11.6 Å². The van der Waals surface area contributed by atoms with Gasteiger partial charge in [0.15, 0.2) is 0 Å². The van der Waals surface area contributed by atoms with Crippen molar-refractivity contribution < 1.29 is 9.90 Å². The molecule has 2 unspecified atom stereocenters. The first kappa shape index (κ1) is 13.2. The van der Waals surface area contributed by atoms with Crippen LogP contribution < -0.4 is 5.32 Å². The van der Waals surface area contributed by atoms with E-state index in [9.17, 15) is 4.79 Å². The molecule has 2 atom stereocenters. The van der Waals surface area contributed by atoms with Crippen LogP contribution in [0.15, 0.2) is 24.3 Å². The topological polar surface area (TPSA) is 49.3 Å². The summed E-state index contributed by atoms with van der Waals surface area (Å²) in [5.41, 5.74) is 1.51. The van der Waals surface area contributed by atoms with Gasteiger partial charge >= 0.3 is 0 Å². The van der Waals surface area contributed by atoms with E-state index < -0.39 is 0 Å². The van der Waals surface area contributed by atoms with Gasteiger partial charge in [0, 0.05) is 11.5 Å². The first-order valence-corrected chi connectivity index (χ1v) is 7.31. The Balaban J connectivity index is 1.70. The van der Waals surface area contributed by atoms with Crippen molar-refractivity contribution in [2.45, 2.75) is 25.7 Å². The Bertz CT molecular complexity index is 558. The minimum Gasteiger partial charge on any atom is -0.384 e. The zero-order chi connectivity index (χ0) is 13.9. The molecular formula is C17H19NO2. The second-order valence-corrected chi connectivity index (χ2v) is 5.63. The van der Waals surface area contributed by atoms with Crippen LogP contribution in [0.4, 0.5) is 5.69 Å². The lowest BCUT2D eigenvalue weighted by atomic mass is 10.0. The van der Waals surface area contributed by atoms with Crippen LogP contribution in [0.3, 0.4) is 0 Å². The molecule has 3 heteroatoms. The third kappa shape index (κ3) is 2.57. The Morgan fingerprint density at radius 2 is 1.95 bits per heavy atom. The Hall–Kier alpha value is -1.79. The number of aliphatic hydroxyl groups excluding tert-OH is 1. The standard InChI is InChI=1S/C17H19NO2/c19-11-5-7-12-6-1-4-10-15(12)18-17(20)16-13-8-2-3-9-14(13)16/h1,4,6,10,13-14,16,19H,2-3,8-9,11H2,(H,18,20). The van der Waals surface area contributed by atoms with Crippen LogP contribution in [0.25, 0.3) is 0 Å². The summed E-state index contributed by atoms with van der Waals surface area (Å²) < 4.78 is 0. The molecule has 0 radical (unpaired) electrons. The fourth-order valence-electron chi connectivity index (χ4n) is 3.43. The number of anilines is 1. The molecule has 0 aromatic heterocycles. The first-order valence-electron chi connectivity index (χ1n) is 7.31. The van der Waals surface area contributed by atoms with Gasteiger partial charge in [0.05, 0.1) is 5.69 Å². The predicted octanol–water partition coefficient (Wildman–Crippen LogP) is 2.41. The van der Waals surface area contributed by atoms with Gasteiger partial charge in [-0.25, -0.2) is 0 Å². The molecule has 1 aromatic carbocycles. The third-order valence-electron chi connectivity index (χ3n) is 4.45. The van der Waals surface area contributed by atoms with Crippen molar-refractivity contribution in [3.8, 4) is 11.8 Å². The van der Waals surface area contributed by atoms with Gasteiger partial charge in [-0.2, -0.15) is 0 Å². The van der Waals surface area contributed by atoms with E-state index in [2.05, 4.69) is 17.2 Å². The lowest BCUT2D eigenvalue weighted by molar-refractivity contribution is -0.117. The SMILES string of the molecule is O=C(Nc1ccccc1C#CCO)C1C2CCCCC21. The predicted molar refractivity (Wildman–Crippen MR) is 78.0 cm³/mol. The highest BCUT2D eigenvalue weighted by atomic mass is 16.2. The molecule has 1 amide bonds. The van der Waals surface area contributed by atoms with Gasteiger partial charge in [-0.3, -0.25) is 4.79 Å². The Morgan fingerprint density at radius 1 is 1.25 bits per heavy atom. The Kier molecular flexibility index (Phi) is 3.75.